The molecule has 0 saturated carbocycles. The summed E-state index contributed by atoms with van der Waals surface area (Å²) in [6, 6.07) is 107. The van der Waals surface area contributed by atoms with Gasteiger partial charge >= 0.3 is 0 Å². The van der Waals surface area contributed by atoms with Gasteiger partial charge in [0, 0.05) is 77.8 Å². The number of nitrogens with zero attached hydrogens (tertiary/aromatic N) is 5. The van der Waals surface area contributed by atoms with E-state index in [0.29, 0.717) is 0 Å². The lowest BCUT2D eigenvalue weighted by Gasteiger charge is -2.45. The number of fused-ring (bicyclic) bond motifs is 13. The number of rotatable bonds is 7. The highest BCUT2D eigenvalue weighted by Gasteiger charge is 2.45. The first-order valence-corrected chi connectivity index (χ1v) is 35.7. The fourth-order valence-electron chi connectivity index (χ4n) is 16.5. The second-order valence-electron chi connectivity index (χ2n) is 32.3. The number of aromatic nitrogens is 3. The van der Waals surface area contributed by atoms with Gasteiger partial charge in [0.25, 0.3) is 6.71 Å². The Morgan fingerprint density at radius 3 is 0.870 bits per heavy atom. The van der Waals surface area contributed by atoms with Crippen molar-refractivity contribution in [2.24, 2.45) is 0 Å². The van der Waals surface area contributed by atoms with Crippen molar-refractivity contribution in [3.05, 3.63) is 301 Å². The summed E-state index contributed by atoms with van der Waals surface area (Å²) in [4.78, 5) is 5.37. The minimum Gasteiger partial charge on any atom is -0.311 e. The van der Waals surface area contributed by atoms with Crippen molar-refractivity contribution in [1.82, 2.24) is 13.7 Å². The molecule has 5 nitrogen and oxygen atoms in total. The molecule has 6 heteroatoms. The molecule has 486 valence electrons. The normalized spacial score (nSPS) is 13.3. The van der Waals surface area contributed by atoms with Crippen molar-refractivity contribution in [2.75, 3.05) is 9.80 Å². The zero-order valence-electron chi connectivity index (χ0n) is 59.4. The van der Waals surface area contributed by atoms with Crippen LogP contribution in [0.3, 0.4) is 0 Å². The standard InChI is InChI=1S/C94H82BN5/c1-91(2,3)63-49-64(92(4,5)6)52-69(51-63)99-86-55-67(96-82-37-25-21-33-74(82)76-47-61(39-45-84(76)96)59-27-15-13-16-28-59)41-43-78(86)95-79-44-42-68(97-83-38-26-22-34-75(83)77-48-62(40-46-85(77)97)60-29-17-14-18-30-60)56-87(79)100(70-53-65(93(7,8)9)50-66(54-70)94(10,11)12)89-58-71(57-88(99)90(89)95)98-80-35-23-19-31-72(80)73-32-20-24-36-81(73)98/h13-58H,1-12H3. The van der Waals surface area contributed by atoms with Crippen LogP contribution in [-0.2, 0) is 21.7 Å². The molecule has 0 aliphatic carbocycles. The van der Waals surface area contributed by atoms with E-state index in [0.717, 1.165) is 51.2 Å². The maximum absolute atomic E-state index is 2.68. The topological polar surface area (TPSA) is 21.3 Å². The Kier molecular flexibility index (Phi) is 13.6. The zero-order chi connectivity index (χ0) is 68.5. The van der Waals surface area contributed by atoms with E-state index in [4.69, 9.17) is 0 Å². The average molecular weight is 1290 g/mol. The summed E-state index contributed by atoms with van der Waals surface area (Å²) in [5, 5.41) is 7.37. The maximum atomic E-state index is 2.68. The van der Waals surface area contributed by atoms with Gasteiger partial charge in [-0.3, -0.25) is 0 Å². The number of hydrogen-bond donors (Lipinski definition) is 0. The van der Waals surface area contributed by atoms with Crippen LogP contribution < -0.4 is 26.2 Å². The highest BCUT2D eigenvalue weighted by Crippen LogP contribution is 2.51. The van der Waals surface area contributed by atoms with Crippen LogP contribution in [0.4, 0.5) is 34.1 Å². The molecule has 18 rings (SSSR count). The summed E-state index contributed by atoms with van der Waals surface area (Å²) in [6.07, 6.45) is 0. The van der Waals surface area contributed by atoms with Gasteiger partial charge in [0.15, 0.2) is 0 Å². The first kappa shape index (κ1) is 61.3. The van der Waals surface area contributed by atoms with E-state index >= 15 is 0 Å². The zero-order valence-corrected chi connectivity index (χ0v) is 59.4. The molecule has 0 bridgehead atoms. The molecule has 0 N–H and O–H groups in total. The van der Waals surface area contributed by atoms with E-state index < -0.39 is 0 Å². The van der Waals surface area contributed by atoms with Gasteiger partial charge in [-0.2, -0.15) is 0 Å². The molecule has 13 aromatic carbocycles. The lowest BCUT2D eigenvalue weighted by Crippen LogP contribution is -2.61. The monoisotopic (exact) mass is 1290 g/mol. The van der Waals surface area contributed by atoms with Gasteiger partial charge < -0.3 is 23.5 Å². The van der Waals surface area contributed by atoms with Gasteiger partial charge in [-0.15, -0.1) is 0 Å². The Morgan fingerprint density at radius 1 is 0.220 bits per heavy atom. The van der Waals surface area contributed by atoms with Crippen molar-refractivity contribution < 1.29 is 0 Å². The molecule has 0 fully saturated rings. The van der Waals surface area contributed by atoms with E-state index in [9.17, 15) is 0 Å². The molecule has 2 aliphatic rings. The van der Waals surface area contributed by atoms with Gasteiger partial charge in [-0.25, -0.2) is 0 Å². The van der Waals surface area contributed by atoms with Crippen LogP contribution in [0.5, 0.6) is 0 Å². The second kappa shape index (κ2) is 22.2. The smallest absolute Gasteiger partial charge is 0.252 e. The van der Waals surface area contributed by atoms with Crippen LogP contribution >= 0.6 is 0 Å². The summed E-state index contributed by atoms with van der Waals surface area (Å²) in [7, 11) is 0. The third-order valence-electron chi connectivity index (χ3n) is 21.8. The molecule has 0 amide bonds. The molecule has 3 aromatic heterocycles. The first-order chi connectivity index (χ1) is 48.1. The van der Waals surface area contributed by atoms with Crippen molar-refractivity contribution >= 4 is 123 Å². The van der Waals surface area contributed by atoms with Gasteiger partial charge in [-0.1, -0.05) is 253 Å². The van der Waals surface area contributed by atoms with E-state index in [1.54, 1.807) is 0 Å². The van der Waals surface area contributed by atoms with Crippen molar-refractivity contribution in [3.8, 4) is 39.3 Å². The van der Waals surface area contributed by atoms with Crippen molar-refractivity contribution in [2.45, 2.75) is 105 Å². The Balaban J connectivity index is 0.988. The number of para-hydroxylation sites is 4. The Labute approximate surface area is 587 Å². The quantitative estimate of drug-likeness (QED) is 0.148. The minimum atomic E-state index is -0.197. The summed E-state index contributed by atoms with van der Waals surface area (Å²) in [5.41, 5.74) is 30.4. The SMILES string of the molecule is CC(C)(C)c1cc(N2c3cc(-n4c5ccccc5c5cc(-c6ccccc6)ccc54)ccc3B3c4ccc(-n5c6ccccc6c6cc(-c7ccccc7)ccc65)cc4N(c4cc(C(C)(C)C)cc(C(C)(C)C)c4)c4cc(-n5c6ccccc6c6ccccc65)cc2c43)cc(C(C)(C)C)c1. The highest BCUT2D eigenvalue weighted by molar-refractivity contribution is 7.00. The van der Waals surface area contributed by atoms with Gasteiger partial charge in [0.05, 0.1) is 38.8 Å². The van der Waals surface area contributed by atoms with Gasteiger partial charge in [0.1, 0.15) is 0 Å². The fourth-order valence-corrected chi connectivity index (χ4v) is 16.5. The molecule has 0 radical (unpaired) electrons. The van der Waals surface area contributed by atoms with Crippen molar-refractivity contribution in [3.63, 3.8) is 0 Å². The molecule has 100 heavy (non-hydrogen) atoms. The molecule has 0 spiro atoms. The van der Waals surface area contributed by atoms with Crippen LogP contribution in [-0.4, -0.2) is 20.4 Å². The third kappa shape index (κ3) is 9.72. The van der Waals surface area contributed by atoms with Crippen LogP contribution in [0.15, 0.2) is 279 Å². The highest BCUT2D eigenvalue weighted by atomic mass is 15.2. The Morgan fingerprint density at radius 2 is 0.520 bits per heavy atom. The molecule has 0 saturated heterocycles. The van der Waals surface area contributed by atoms with Crippen LogP contribution in [0, 0.1) is 0 Å². The lowest BCUT2D eigenvalue weighted by molar-refractivity contribution is 0.568. The predicted octanol–water partition coefficient (Wildman–Crippen LogP) is 23.6. The van der Waals surface area contributed by atoms with Gasteiger partial charge in [0.2, 0.25) is 0 Å². The maximum Gasteiger partial charge on any atom is 0.252 e. The number of hydrogen-bond acceptors (Lipinski definition) is 2. The van der Waals surface area contributed by atoms with Crippen LogP contribution in [0.1, 0.15) is 105 Å². The summed E-state index contributed by atoms with van der Waals surface area (Å²) in [6.45, 7) is 28.2. The van der Waals surface area contributed by atoms with E-state index in [2.05, 4.69) is 386 Å². The molecular formula is C94H82BN5. The summed E-state index contributed by atoms with van der Waals surface area (Å²) in [5.74, 6) is 0. The molecule has 5 heterocycles. The van der Waals surface area contributed by atoms with Crippen LogP contribution in [0.2, 0.25) is 0 Å². The molecular weight excluding hydrogens is 1210 g/mol. The minimum absolute atomic E-state index is 0.165. The fraction of sp³-hybridized carbons (Fsp3) is 0.170. The van der Waals surface area contributed by atoms with E-state index in [1.165, 1.54) is 126 Å². The molecule has 2 aliphatic heterocycles. The molecule has 0 unspecified atom stereocenters. The summed E-state index contributed by atoms with van der Waals surface area (Å²) < 4.78 is 7.59. The van der Waals surface area contributed by atoms with E-state index in [1.807, 2.05) is 0 Å². The van der Waals surface area contributed by atoms with Crippen LogP contribution in [0.25, 0.3) is 105 Å². The number of benzene rings is 13. The largest absolute Gasteiger partial charge is 0.311 e. The van der Waals surface area contributed by atoms with E-state index in [-0.39, 0.29) is 28.4 Å². The summed E-state index contributed by atoms with van der Waals surface area (Å²) >= 11 is 0. The second-order valence-corrected chi connectivity index (χ2v) is 32.3. The Hall–Kier alpha value is -11.1. The third-order valence-corrected chi connectivity index (χ3v) is 21.8. The average Bonchev–Trinajstić information content (AvgIpc) is 0.715. The predicted molar refractivity (Wildman–Crippen MR) is 429 cm³/mol. The van der Waals surface area contributed by atoms with Crippen molar-refractivity contribution in [1.29, 1.82) is 0 Å². The lowest BCUT2D eigenvalue weighted by atomic mass is 9.33. The molecule has 16 aromatic rings. The Bertz CT molecular complexity index is 5600. The first-order valence-electron chi connectivity index (χ1n) is 35.7. The molecule has 0 atom stereocenters. The van der Waals surface area contributed by atoms with Gasteiger partial charge in [-0.05, 0) is 192 Å². The number of anilines is 6.